The van der Waals surface area contributed by atoms with Gasteiger partial charge in [0, 0.05) is 25.1 Å². The molecule has 1 heterocycles. The highest BCUT2D eigenvalue weighted by atomic mass is 127. The highest BCUT2D eigenvalue weighted by Crippen LogP contribution is 2.31. The van der Waals surface area contributed by atoms with E-state index in [1.54, 1.807) is 11.3 Å². The fourth-order valence-corrected chi connectivity index (χ4v) is 3.58. The normalized spacial score (nSPS) is 10.7. The van der Waals surface area contributed by atoms with Crippen molar-refractivity contribution in [2.24, 2.45) is 0 Å². The third-order valence-electron chi connectivity index (χ3n) is 2.08. The number of thiophene rings is 1. The molecule has 0 N–H and O–H groups in total. The lowest BCUT2D eigenvalue weighted by molar-refractivity contribution is 0.112. The van der Waals surface area contributed by atoms with E-state index < -0.39 is 0 Å². The summed E-state index contributed by atoms with van der Waals surface area (Å²) in [6.07, 6.45) is 0.895. The first-order chi connectivity index (χ1) is 6.77. The van der Waals surface area contributed by atoms with Crippen molar-refractivity contribution < 1.29 is 4.79 Å². The highest BCUT2D eigenvalue weighted by molar-refractivity contribution is 14.1. The molecule has 0 aliphatic carbocycles. The van der Waals surface area contributed by atoms with Gasteiger partial charge in [-0.25, -0.2) is 0 Å². The molecule has 2 aromatic rings. The molecular weight excluding hydrogens is 331 g/mol. The molecule has 0 aliphatic rings. The van der Waals surface area contributed by atoms with Crippen molar-refractivity contribution >= 4 is 61.9 Å². The molecular formula is C10H6ClIOS. The van der Waals surface area contributed by atoms with E-state index in [0.717, 1.165) is 31.1 Å². The number of hydrogen-bond acceptors (Lipinski definition) is 2. The van der Waals surface area contributed by atoms with E-state index in [1.165, 1.54) is 0 Å². The summed E-state index contributed by atoms with van der Waals surface area (Å²) < 4.78 is 2.20. The maximum atomic E-state index is 11.0. The van der Waals surface area contributed by atoms with Gasteiger partial charge in [0.05, 0.1) is 0 Å². The lowest BCUT2D eigenvalue weighted by Gasteiger charge is -2.04. The summed E-state index contributed by atoms with van der Waals surface area (Å²) in [6, 6.07) is 4.01. The van der Waals surface area contributed by atoms with Crippen LogP contribution in [0.1, 0.15) is 15.9 Å². The molecule has 4 heteroatoms. The zero-order chi connectivity index (χ0) is 10.1. The molecule has 0 bridgehead atoms. The molecule has 0 spiro atoms. The van der Waals surface area contributed by atoms with Gasteiger partial charge in [0.2, 0.25) is 0 Å². The molecule has 14 heavy (non-hydrogen) atoms. The zero-order valence-corrected chi connectivity index (χ0v) is 10.8. The fourth-order valence-electron chi connectivity index (χ4n) is 1.40. The Morgan fingerprint density at radius 1 is 1.57 bits per heavy atom. The maximum Gasteiger partial charge on any atom is 0.151 e. The number of halogens is 2. The molecule has 1 aromatic carbocycles. The van der Waals surface area contributed by atoms with Crippen molar-refractivity contribution in [3.8, 4) is 0 Å². The molecule has 0 unspecified atom stereocenters. The van der Waals surface area contributed by atoms with Crippen LogP contribution < -0.4 is 0 Å². The van der Waals surface area contributed by atoms with Gasteiger partial charge in [-0.15, -0.1) is 22.9 Å². The molecule has 0 radical (unpaired) electrons. The molecule has 0 saturated heterocycles. The highest BCUT2D eigenvalue weighted by Gasteiger charge is 2.10. The predicted molar refractivity (Wildman–Crippen MR) is 69.5 cm³/mol. The van der Waals surface area contributed by atoms with Crippen LogP contribution in [0.2, 0.25) is 0 Å². The third-order valence-corrected chi connectivity index (χ3v) is 4.20. The summed E-state index contributed by atoms with van der Waals surface area (Å²) in [6.45, 7) is 0. The second-order valence-electron chi connectivity index (χ2n) is 2.85. The smallest absolute Gasteiger partial charge is 0.151 e. The number of hydrogen-bond donors (Lipinski definition) is 0. The number of fused-ring (bicyclic) bond motifs is 1. The Morgan fingerprint density at radius 3 is 3.00 bits per heavy atom. The van der Waals surface area contributed by atoms with Crippen LogP contribution in [0.25, 0.3) is 10.1 Å². The first-order valence-electron chi connectivity index (χ1n) is 3.97. The second kappa shape index (κ2) is 4.16. The summed E-state index contributed by atoms with van der Waals surface area (Å²) in [5.41, 5.74) is 1.66. The number of carbonyl (C=O) groups is 1. The topological polar surface area (TPSA) is 17.1 Å². The number of rotatable bonds is 2. The Kier molecular flexibility index (Phi) is 3.09. The average Bonchev–Trinajstić information content (AvgIpc) is 2.66. The summed E-state index contributed by atoms with van der Waals surface area (Å²) in [4.78, 5) is 11.0. The summed E-state index contributed by atoms with van der Waals surface area (Å²) in [7, 11) is 0. The van der Waals surface area contributed by atoms with Gasteiger partial charge < -0.3 is 0 Å². The quantitative estimate of drug-likeness (QED) is 0.459. The van der Waals surface area contributed by atoms with Crippen molar-refractivity contribution in [1.82, 2.24) is 0 Å². The molecule has 0 amide bonds. The molecule has 0 saturated carbocycles. The van der Waals surface area contributed by atoms with Crippen molar-refractivity contribution in [3.63, 3.8) is 0 Å². The van der Waals surface area contributed by atoms with E-state index >= 15 is 0 Å². The monoisotopic (exact) mass is 336 g/mol. The molecule has 2 rings (SSSR count). The van der Waals surface area contributed by atoms with E-state index in [4.69, 9.17) is 11.6 Å². The van der Waals surface area contributed by atoms with Crippen LogP contribution >= 0.6 is 45.5 Å². The molecule has 72 valence electrons. The number of carbonyl (C=O) groups excluding carboxylic acids is 1. The maximum absolute atomic E-state index is 11.0. The summed E-state index contributed by atoms with van der Waals surface area (Å²) in [5, 5.41) is 3.14. The first-order valence-corrected chi connectivity index (χ1v) is 6.47. The van der Waals surface area contributed by atoms with Crippen LogP contribution in [0, 0.1) is 3.57 Å². The Bertz CT molecular complexity index is 492. The molecule has 1 nitrogen and oxygen atoms in total. The van der Waals surface area contributed by atoms with E-state index in [2.05, 4.69) is 22.6 Å². The number of aldehydes is 1. The van der Waals surface area contributed by atoms with Gasteiger partial charge in [-0.2, -0.15) is 0 Å². The summed E-state index contributed by atoms with van der Waals surface area (Å²) in [5.74, 6) is 0.387. The van der Waals surface area contributed by atoms with Crippen LogP contribution in [0.4, 0.5) is 0 Å². The van der Waals surface area contributed by atoms with Gasteiger partial charge >= 0.3 is 0 Å². The Hall–Kier alpha value is -0.130. The van der Waals surface area contributed by atoms with Crippen LogP contribution in [0.15, 0.2) is 17.5 Å². The van der Waals surface area contributed by atoms with Crippen molar-refractivity contribution in [2.45, 2.75) is 5.88 Å². The van der Waals surface area contributed by atoms with Crippen LogP contribution in [0.5, 0.6) is 0 Å². The van der Waals surface area contributed by atoms with Gasteiger partial charge in [-0.3, -0.25) is 4.79 Å². The van der Waals surface area contributed by atoms with E-state index in [9.17, 15) is 4.79 Å². The minimum Gasteiger partial charge on any atom is -0.298 e. The van der Waals surface area contributed by atoms with Crippen molar-refractivity contribution in [2.75, 3.05) is 0 Å². The Morgan fingerprint density at radius 2 is 2.36 bits per heavy atom. The van der Waals surface area contributed by atoms with Gasteiger partial charge in [-0.1, -0.05) is 0 Å². The number of benzene rings is 1. The van der Waals surface area contributed by atoms with Crippen molar-refractivity contribution in [3.05, 3.63) is 32.2 Å². The van der Waals surface area contributed by atoms with E-state index in [0.29, 0.717) is 5.88 Å². The largest absolute Gasteiger partial charge is 0.298 e. The molecule has 0 fully saturated rings. The second-order valence-corrected chi connectivity index (χ2v) is 5.19. The van der Waals surface area contributed by atoms with Crippen molar-refractivity contribution in [1.29, 1.82) is 0 Å². The average molecular weight is 337 g/mol. The van der Waals surface area contributed by atoms with Gasteiger partial charge in [0.1, 0.15) is 0 Å². The lowest BCUT2D eigenvalue weighted by atomic mass is 10.1. The lowest BCUT2D eigenvalue weighted by Crippen LogP contribution is -1.91. The minimum absolute atomic E-state index is 0.387. The third kappa shape index (κ3) is 1.57. The Balaban J connectivity index is 2.88. The minimum atomic E-state index is 0.387. The van der Waals surface area contributed by atoms with E-state index in [-0.39, 0.29) is 0 Å². The van der Waals surface area contributed by atoms with Gasteiger partial charge in [0.25, 0.3) is 0 Å². The van der Waals surface area contributed by atoms with Crippen LogP contribution in [0.3, 0.4) is 0 Å². The molecule has 1 aromatic heterocycles. The zero-order valence-electron chi connectivity index (χ0n) is 7.09. The van der Waals surface area contributed by atoms with E-state index in [1.807, 2.05) is 17.5 Å². The van der Waals surface area contributed by atoms with Crippen LogP contribution in [-0.4, -0.2) is 6.29 Å². The summed E-state index contributed by atoms with van der Waals surface area (Å²) >= 11 is 9.65. The predicted octanol–water partition coefficient (Wildman–Crippen LogP) is 4.06. The SMILES string of the molecule is O=Cc1c(CCl)cc(I)c2ccsc12. The van der Waals surface area contributed by atoms with Gasteiger partial charge in [-0.05, 0) is 45.7 Å². The Labute approximate surface area is 104 Å². The first kappa shape index (κ1) is 10.4. The standard InChI is InChI=1S/C10H6ClIOS/c11-4-6-3-9(12)7-1-2-14-10(7)8(6)5-13/h1-3,5H,4H2. The number of alkyl halides is 1. The fraction of sp³-hybridized carbons (Fsp3) is 0.100. The van der Waals surface area contributed by atoms with Gasteiger partial charge in [0.15, 0.2) is 6.29 Å². The molecule has 0 atom stereocenters. The molecule has 0 aliphatic heterocycles. The van der Waals surface area contributed by atoms with Crippen LogP contribution in [-0.2, 0) is 5.88 Å².